The largest absolute Gasteiger partial charge is 0.331 e. The third kappa shape index (κ3) is 4.03. The summed E-state index contributed by atoms with van der Waals surface area (Å²) in [5.41, 5.74) is 3.71. The summed E-state index contributed by atoms with van der Waals surface area (Å²) in [5.74, 6) is 0.0450. The predicted octanol–water partition coefficient (Wildman–Crippen LogP) is 5.99. The zero-order chi connectivity index (χ0) is 23.8. The van der Waals surface area contributed by atoms with Gasteiger partial charge in [-0.25, -0.2) is 0 Å². The molecule has 0 bridgehead atoms. The molecule has 1 aliphatic heterocycles. The van der Waals surface area contributed by atoms with Gasteiger partial charge in [0.25, 0.3) is 0 Å². The van der Waals surface area contributed by atoms with Crippen LogP contribution in [0.15, 0.2) is 66.9 Å². The van der Waals surface area contributed by atoms with Gasteiger partial charge in [0.05, 0.1) is 17.1 Å². The van der Waals surface area contributed by atoms with Gasteiger partial charge >= 0.3 is 0 Å². The van der Waals surface area contributed by atoms with E-state index in [2.05, 4.69) is 4.57 Å². The Morgan fingerprint density at radius 1 is 1.00 bits per heavy atom. The molecule has 5 rings (SSSR count). The normalized spacial score (nSPS) is 17.5. The molecule has 1 atom stereocenters. The molecule has 1 fully saturated rings. The average molecular weight is 476 g/mol. The number of halogens is 1. The topological polar surface area (TPSA) is 45.6 Å². The molecule has 1 aliphatic carbocycles. The number of fused-ring (bicyclic) bond motifs is 3. The van der Waals surface area contributed by atoms with E-state index in [4.69, 9.17) is 11.6 Å². The molecule has 0 radical (unpaired) electrons. The van der Waals surface area contributed by atoms with E-state index in [0.29, 0.717) is 5.02 Å². The Labute approximate surface area is 205 Å². The van der Waals surface area contributed by atoms with E-state index in [0.717, 1.165) is 48.3 Å². The minimum atomic E-state index is -0.341. The van der Waals surface area contributed by atoms with Crippen molar-refractivity contribution in [2.45, 2.75) is 51.6 Å². The number of hydrogen-bond donors (Lipinski definition) is 0. The Hall–Kier alpha value is -3.05. The van der Waals surface area contributed by atoms with Crippen molar-refractivity contribution in [2.24, 2.45) is 5.92 Å². The highest BCUT2D eigenvalue weighted by Crippen LogP contribution is 2.42. The summed E-state index contributed by atoms with van der Waals surface area (Å²) in [5, 5.41) is 0.627. The molecule has 0 saturated heterocycles. The van der Waals surface area contributed by atoms with Crippen LogP contribution in [0.2, 0.25) is 5.02 Å². The van der Waals surface area contributed by atoms with Gasteiger partial charge in [0.1, 0.15) is 12.6 Å². The monoisotopic (exact) mass is 475 g/mol. The van der Waals surface area contributed by atoms with Crippen LogP contribution in [0.3, 0.4) is 0 Å². The molecular weight excluding hydrogens is 446 g/mol. The fraction of sp³-hybridized carbons (Fsp3) is 0.357. The molecule has 1 unspecified atom stereocenters. The quantitative estimate of drug-likeness (QED) is 0.454. The van der Waals surface area contributed by atoms with Crippen molar-refractivity contribution < 1.29 is 9.59 Å². The fourth-order valence-corrected chi connectivity index (χ4v) is 5.60. The lowest BCUT2D eigenvalue weighted by molar-refractivity contribution is -0.140. The number of carbonyl (C=O) groups is 2. The third-order valence-electron chi connectivity index (χ3n) is 7.07. The van der Waals surface area contributed by atoms with Crippen molar-refractivity contribution in [1.82, 2.24) is 9.47 Å². The summed E-state index contributed by atoms with van der Waals surface area (Å²) in [7, 11) is 0. The van der Waals surface area contributed by atoms with Crippen LogP contribution < -0.4 is 4.90 Å². The number of nitrogens with zero attached hydrogens (tertiary/aromatic N) is 3. The number of rotatable bonds is 5. The van der Waals surface area contributed by atoms with Crippen LogP contribution in [-0.4, -0.2) is 33.9 Å². The number of benzene rings is 2. The van der Waals surface area contributed by atoms with Gasteiger partial charge in [-0.2, -0.15) is 0 Å². The minimum absolute atomic E-state index is 0.0322. The number of hydrogen-bond acceptors (Lipinski definition) is 2. The lowest BCUT2D eigenvalue weighted by Gasteiger charge is -2.40. The summed E-state index contributed by atoms with van der Waals surface area (Å²) in [4.78, 5) is 31.0. The van der Waals surface area contributed by atoms with E-state index < -0.39 is 0 Å². The first-order valence-electron chi connectivity index (χ1n) is 12.1. The molecule has 2 aromatic carbocycles. The molecule has 1 aromatic heterocycles. The van der Waals surface area contributed by atoms with E-state index in [1.807, 2.05) is 85.6 Å². The van der Waals surface area contributed by atoms with Crippen molar-refractivity contribution in [3.8, 4) is 5.69 Å². The molecule has 5 nitrogen and oxygen atoms in total. The van der Waals surface area contributed by atoms with Crippen LogP contribution in [0.25, 0.3) is 5.69 Å². The van der Waals surface area contributed by atoms with Crippen LogP contribution in [-0.2, 0) is 9.59 Å². The van der Waals surface area contributed by atoms with Gasteiger partial charge in [-0.05, 0) is 68.7 Å². The molecule has 34 heavy (non-hydrogen) atoms. The fourth-order valence-electron chi connectivity index (χ4n) is 5.40. The Kier molecular flexibility index (Phi) is 6.22. The molecule has 1 saturated carbocycles. The van der Waals surface area contributed by atoms with Crippen LogP contribution in [0.1, 0.15) is 56.8 Å². The Balaban J connectivity index is 1.57. The maximum Gasteiger partial charge on any atom is 0.247 e. The second-order valence-electron chi connectivity index (χ2n) is 9.55. The summed E-state index contributed by atoms with van der Waals surface area (Å²) >= 11 is 6.37. The predicted molar refractivity (Wildman–Crippen MR) is 135 cm³/mol. The molecule has 2 heterocycles. The van der Waals surface area contributed by atoms with Gasteiger partial charge in [-0.3, -0.25) is 14.5 Å². The molecule has 6 heteroatoms. The van der Waals surface area contributed by atoms with Gasteiger partial charge in [0, 0.05) is 23.2 Å². The summed E-state index contributed by atoms with van der Waals surface area (Å²) < 4.78 is 2.13. The molecule has 0 N–H and O–H groups in total. The lowest BCUT2D eigenvalue weighted by atomic mass is 9.97. The van der Waals surface area contributed by atoms with Crippen molar-refractivity contribution in [2.75, 3.05) is 11.4 Å². The summed E-state index contributed by atoms with van der Waals surface area (Å²) in [6.45, 7) is 4.03. The highest BCUT2D eigenvalue weighted by molar-refractivity contribution is 6.30. The van der Waals surface area contributed by atoms with Gasteiger partial charge in [0.15, 0.2) is 0 Å². The van der Waals surface area contributed by atoms with Crippen LogP contribution >= 0.6 is 11.6 Å². The first kappa shape index (κ1) is 22.7. The first-order chi connectivity index (χ1) is 16.5. The van der Waals surface area contributed by atoms with Gasteiger partial charge in [-0.1, -0.05) is 48.7 Å². The Morgan fingerprint density at radius 3 is 2.44 bits per heavy atom. The molecule has 176 valence electrons. The number of anilines is 1. The molecule has 3 aromatic rings. The number of amides is 2. The smallest absolute Gasteiger partial charge is 0.247 e. The molecular formula is C28H30ClN3O2. The van der Waals surface area contributed by atoms with Crippen molar-refractivity contribution in [3.05, 3.63) is 83.1 Å². The molecule has 0 spiro atoms. The lowest BCUT2D eigenvalue weighted by Crippen LogP contribution is -2.49. The molecule has 2 aliphatic rings. The Morgan fingerprint density at radius 2 is 1.74 bits per heavy atom. The Bertz CT molecular complexity index is 1210. The maximum absolute atomic E-state index is 14.1. The summed E-state index contributed by atoms with van der Waals surface area (Å²) in [6.07, 6.45) is 6.04. The second kappa shape index (κ2) is 9.30. The first-order valence-corrected chi connectivity index (χ1v) is 12.5. The van der Waals surface area contributed by atoms with Crippen molar-refractivity contribution >= 4 is 29.1 Å². The van der Waals surface area contributed by atoms with E-state index in [-0.39, 0.29) is 36.4 Å². The highest BCUT2D eigenvalue weighted by atomic mass is 35.5. The van der Waals surface area contributed by atoms with E-state index in [1.54, 1.807) is 4.90 Å². The average Bonchev–Trinajstić information content (AvgIpc) is 3.53. The summed E-state index contributed by atoms with van der Waals surface area (Å²) in [6, 6.07) is 19.3. The molecule has 2 amide bonds. The van der Waals surface area contributed by atoms with Crippen LogP contribution in [0.4, 0.5) is 5.69 Å². The maximum atomic E-state index is 14.1. The zero-order valence-corrected chi connectivity index (χ0v) is 20.4. The highest BCUT2D eigenvalue weighted by Gasteiger charge is 2.38. The van der Waals surface area contributed by atoms with E-state index in [9.17, 15) is 9.59 Å². The van der Waals surface area contributed by atoms with Gasteiger partial charge in [-0.15, -0.1) is 0 Å². The van der Waals surface area contributed by atoms with E-state index in [1.165, 1.54) is 0 Å². The van der Waals surface area contributed by atoms with Gasteiger partial charge in [0.2, 0.25) is 11.8 Å². The van der Waals surface area contributed by atoms with E-state index >= 15 is 0 Å². The van der Waals surface area contributed by atoms with Gasteiger partial charge < -0.3 is 9.47 Å². The second-order valence-corrected chi connectivity index (χ2v) is 9.99. The number of carbonyl (C=O) groups excluding carboxylic acids is 2. The van der Waals surface area contributed by atoms with Crippen molar-refractivity contribution in [3.63, 3.8) is 0 Å². The minimum Gasteiger partial charge on any atom is -0.331 e. The standard InChI is InChI=1S/C28H30ClN3O2/c1-19(2)31(28(34)20-9-3-4-10-20)18-26(33)32-24-14-6-5-13-23(24)30-16-8-15-25(30)27(32)21-11-7-12-22(29)17-21/h5-8,11-17,19-20,27H,3-4,9-10,18H2,1-2H3. The van der Waals surface area contributed by atoms with Crippen LogP contribution in [0, 0.1) is 5.92 Å². The van der Waals surface area contributed by atoms with Crippen molar-refractivity contribution in [1.29, 1.82) is 0 Å². The number of aromatic nitrogens is 1. The van der Waals surface area contributed by atoms with Crippen LogP contribution in [0.5, 0.6) is 0 Å². The SMILES string of the molecule is CC(C)N(CC(=O)N1c2ccccc2-n2cccc2C1c1cccc(Cl)c1)C(=O)C1CCCC1. The zero-order valence-electron chi connectivity index (χ0n) is 19.7. The third-order valence-corrected chi connectivity index (χ3v) is 7.30. The number of para-hydroxylation sites is 2.